The number of ether oxygens (including phenoxy) is 1. The number of aryl methyl sites for hydroxylation is 1. The normalized spacial score (nSPS) is 11.1. The molecule has 0 spiro atoms. The van der Waals surface area contributed by atoms with E-state index < -0.39 is 5.82 Å². The number of nitrogens with zero attached hydrogens (tertiary/aromatic N) is 2. The molecule has 176 valence electrons. The van der Waals surface area contributed by atoms with Gasteiger partial charge in [-0.05, 0) is 53.8 Å². The number of hydrogen-bond donors (Lipinski definition) is 1. The summed E-state index contributed by atoms with van der Waals surface area (Å²) in [5.41, 5.74) is 4.35. The number of aromatic nitrogens is 2. The largest absolute Gasteiger partial charge is 0.486 e. The first kappa shape index (κ1) is 22.8. The molecule has 1 amide bonds. The predicted octanol–water partition coefficient (Wildman–Crippen LogP) is 6.73. The highest BCUT2D eigenvalue weighted by molar-refractivity contribution is 7.12. The monoisotopic (exact) mass is 485 g/mol. The van der Waals surface area contributed by atoms with Crippen LogP contribution in [-0.4, -0.2) is 15.7 Å². The van der Waals surface area contributed by atoms with Gasteiger partial charge < -0.3 is 10.1 Å². The summed E-state index contributed by atoms with van der Waals surface area (Å²) >= 11 is 1.33. The highest BCUT2D eigenvalue weighted by Crippen LogP contribution is 2.26. The summed E-state index contributed by atoms with van der Waals surface area (Å²) < 4.78 is 21.2. The molecule has 5 nitrogen and oxygen atoms in total. The molecule has 1 N–H and O–H groups in total. The van der Waals surface area contributed by atoms with Gasteiger partial charge in [0, 0.05) is 5.56 Å². The number of halogens is 1. The van der Waals surface area contributed by atoms with Crippen LogP contribution in [0.15, 0.2) is 78.2 Å². The highest BCUT2D eigenvalue weighted by Gasteiger charge is 2.17. The molecular formula is C28H24FN3O2S. The molecule has 0 bridgehead atoms. The Balaban J connectivity index is 1.29. The van der Waals surface area contributed by atoms with Crippen molar-refractivity contribution in [2.24, 2.45) is 0 Å². The Morgan fingerprint density at radius 1 is 1.06 bits per heavy atom. The molecule has 0 fully saturated rings. The summed E-state index contributed by atoms with van der Waals surface area (Å²) in [6.07, 6.45) is 0. The fourth-order valence-corrected chi connectivity index (χ4v) is 4.88. The number of benzene rings is 3. The summed E-state index contributed by atoms with van der Waals surface area (Å²) in [7, 11) is 0. The lowest BCUT2D eigenvalue weighted by molar-refractivity contribution is 0.103. The Labute approximate surface area is 206 Å². The van der Waals surface area contributed by atoms with Gasteiger partial charge in [0.15, 0.2) is 11.6 Å². The van der Waals surface area contributed by atoms with Crippen LogP contribution in [0.4, 0.5) is 10.1 Å². The summed E-state index contributed by atoms with van der Waals surface area (Å²) in [5, 5.41) is 11.9. The molecule has 0 radical (unpaired) electrons. The maximum absolute atomic E-state index is 13.8. The third kappa shape index (κ3) is 4.81. The van der Waals surface area contributed by atoms with E-state index in [9.17, 15) is 9.18 Å². The van der Waals surface area contributed by atoms with Crippen molar-refractivity contribution in [3.05, 3.63) is 111 Å². The van der Waals surface area contributed by atoms with E-state index in [0.717, 1.165) is 17.0 Å². The van der Waals surface area contributed by atoms with Crippen LogP contribution in [0.25, 0.3) is 10.8 Å². The second-order valence-corrected chi connectivity index (χ2v) is 9.25. The zero-order valence-corrected chi connectivity index (χ0v) is 20.2. The first-order valence-electron chi connectivity index (χ1n) is 11.3. The Bertz CT molecular complexity index is 1520. The zero-order valence-electron chi connectivity index (χ0n) is 19.4. The number of nitrogens with one attached hydrogen (secondary N) is 1. The van der Waals surface area contributed by atoms with Gasteiger partial charge >= 0.3 is 0 Å². The molecule has 2 heterocycles. The van der Waals surface area contributed by atoms with Crippen molar-refractivity contribution in [2.75, 3.05) is 5.32 Å². The van der Waals surface area contributed by atoms with Crippen LogP contribution < -0.4 is 10.1 Å². The average molecular weight is 486 g/mol. The van der Waals surface area contributed by atoms with Crippen molar-refractivity contribution in [1.82, 2.24) is 9.78 Å². The minimum atomic E-state index is -0.410. The number of thiophene rings is 1. The minimum Gasteiger partial charge on any atom is -0.486 e. The van der Waals surface area contributed by atoms with Crippen LogP contribution in [0, 0.1) is 19.7 Å². The molecule has 0 aliphatic carbocycles. The van der Waals surface area contributed by atoms with Gasteiger partial charge in [0.05, 0.1) is 28.5 Å². The Kier molecular flexibility index (Phi) is 6.33. The van der Waals surface area contributed by atoms with Gasteiger partial charge in [0.2, 0.25) is 0 Å². The molecule has 0 aliphatic rings. The Morgan fingerprint density at radius 2 is 1.83 bits per heavy atom. The molecule has 0 saturated heterocycles. The predicted molar refractivity (Wildman–Crippen MR) is 138 cm³/mol. The average Bonchev–Trinajstić information content (AvgIpc) is 3.44. The number of rotatable bonds is 7. The fraction of sp³-hybridized carbons (Fsp3) is 0.143. The summed E-state index contributed by atoms with van der Waals surface area (Å²) in [6, 6.07) is 22.6. The standard InChI is InChI=1S/C28H24FN3O2S/c1-18-27(19(2)32(31-18)15-22-10-7-9-21-8-3-4-11-23(21)22)30-28(33)26-14-20(17-35-26)16-34-25-13-6-5-12-24(25)29/h3-14,17H,15-16H2,1-2H3,(H,30,33). The summed E-state index contributed by atoms with van der Waals surface area (Å²) in [6.45, 7) is 4.65. The number of carbonyl (C=O) groups is 1. The van der Waals surface area contributed by atoms with Crippen LogP contribution in [0.5, 0.6) is 5.75 Å². The maximum Gasteiger partial charge on any atom is 0.265 e. The third-order valence-electron chi connectivity index (χ3n) is 5.93. The molecule has 7 heteroatoms. The molecule has 3 aromatic carbocycles. The van der Waals surface area contributed by atoms with Gasteiger partial charge in [0.1, 0.15) is 6.61 Å². The van der Waals surface area contributed by atoms with E-state index in [2.05, 4.69) is 40.7 Å². The van der Waals surface area contributed by atoms with Gasteiger partial charge in [-0.25, -0.2) is 4.39 Å². The molecule has 35 heavy (non-hydrogen) atoms. The van der Waals surface area contributed by atoms with Crippen LogP contribution in [0.3, 0.4) is 0 Å². The van der Waals surface area contributed by atoms with Gasteiger partial charge in [0.25, 0.3) is 5.91 Å². The van der Waals surface area contributed by atoms with Crippen LogP contribution in [-0.2, 0) is 13.2 Å². The quantitative estimate of drug-likeness (QED) is 0.278. The fourth-order valence-electron chi connectivity index (χ4n) is 4.09. The van der Waals surface area contributed by atoms with E-state index in [4.69, 9.17) is 4.74 Å². The maximum atomic E-state index is 13.8. The van der Waals surface area contributed by atoms with E-state index in [-0.39, 0.29) is 18.3 Å². The zero-order chi connectivity index (χ0) is 24.4. The van der Waals surface area contributed by atoms with E-state index in [0.29, 0.717) is 17.1 Å². The topological polar surface area (TPSA) is 56.2 Å². The van der Waals surface area contributed by atoms with Gasteiger partial charge in [-0.3, -0.25) is 9.48 Å². The van der Waals surface area contributed by atoms with E-state index in [1.807, 2.05) is 36.0 Å². The Morgan fingerprint density at radius 3 is 2.69 bits per heavy atom. The highest BCUT2D eigenvalue weighted by atomic mass is 32.1. The molecule has 0 aliphatic heterocycles. The van der Waals surface area contributed by atoms with Crippen molar-refractivity contribution >= 4 is 33.7 Å². The molecule has 0 unspecified atom stereocenters. The van der Waals surface area contributed by atoms with Crippen LogP contribution in [0.2, 0.25) is 0 Å². The smallest absolute Gasteiger partial charge is 0.265 e. The lowest BCUT2D eigenvalue weighted by Crippen LogP contribution is -2.12. The number of fused-ring (bicyclic) bond motifs is 1. The second-order valence-electron chi connectivity index (χ2n) is 8.33. The lowest BCUT2D eigenvalue weighted by atomic mass is 10.0. The number of amides is 1. The summed E-state index contributed by atoms with van der Waals surface area (Å²) in [5.74, 6) is -0.426. The van der Waals surface area contributed by atoms with Crippen molar-refractivity contribution in [1.29, 1.82) is 0 Å². The van der Waals surface area contributed by atoms with Crippen molar-refractivity contribution in [2.45, 2.75) is 27.0 Å². The van der Waals surface area contributed by atoms with Crippen molar-refractivity contribution in [3.8, 4) is 5.75 Å². The molecule has 0 saturated carbocycles. The third-order valence-corrected chi connectivity index (χ3v) is 6.91. The van der Waals surface area contributed by atoms with Crippen molar-refractivity contribution < 1.29 is 13.9 Å². The SMILES string of the molecule is Cc1nn(Cc2cccc3ccccc23)c(C)c1NC(=O)c1cc(COc2ccccc2F)cs1. The second kappa shape index (κ2) is 9.72. The molecule has 2 aromatic heterocycles. The number of anilines is 1. The van der Waals surface area contributed by atoms with Gasteiger partial charge in [-0.1, -0.05) is 54.6 Å². The molecule has 5 rings (SSSR count). The first-order valence-corrected chi connectivity index (χ1v) is 12.1. The van der Waals surface area contributed by atoms with E-state index in [1.165, 1.54) is 33.7 Å². The number of para-hydroxylation sites is 1. The van der Waals surface area contributed by atoms with E-state index >= 15 is 0 Å². The number of carbonyl (C=O) groups excluding carboxylic acids is 1. The number of hydrogen-bond acceptors (Lipinski definition) is 4. The molecular weight excluding hydrogens is 461 g/mol. The molecule has 0 atom stereocenters. The Hall–Kier alpha value is -3.97. The van der Waals surface area contributed by atoms with Crippen LogP contribution >= 0.6 is 11.3 Å². The van der Waals surface area contributed by atoms with Gasteiger partial charge in [-0.15, -0.1) is 11.3 Å². The minimum absolute atomic E-state index is 0.186. The summed E-state index contributed by atoms with van der Waals surface area (Å²) in [4.78, 5) is 13.5. The first-order chi connectivity index (χ1) is 17.0. The molecule has 5 aromatic rings. The lowest BCUT2D eigenvalue weighted by Gasteiger charge is -2.09. The van der Waals surface area contributed by atoms with Gasteiger partial charge in [-0.2, -0.15) is 5.10 Å². The van der Waals surface area contributed by atoms with Crippen LogP contribution in [0.1, 0.15) is 32.2 Å². The van der Waals surface area contributed by atoms with E-state index in [1.54, 1.807) is 24.3 Å². The van der Waals surface area contributed by atoms with Crippen molar-refractivity contribution in [3.63, 3.8) is 0 Å².